The van der Waals surface area contributed by atoms with Gasteiger partial charge in [0, 0.05) is 24.4 Å². The molecule has 0 spiro atoms. The number of hydrogen-bond donors (Lipinski definition) is 0. The Bertz CT molecular complexity index is 338. The summed E-state index contributed by atoms with van der Waals surface area (Å²) >= 11 is 0. The molecule has 0 N–H and O–H groups in total. The van der Waals surface area contributed by atoms with E-state index in [0.717, 1.165) is 22.9 Å². The summed E-state index contributed by atoms with van der Waals surface area (Å²) in [4.78, 5) is 11.8. The molecule has 0 aliphatic heterocycles. The smallest absolute Gasteiger partial charge is 0.181 e. The summed E-state index contributed by atoms with van der Waals surface area (Å²) < 4.78 is 0. The second-order valence-corrected chi connectivity index (χ2v) is 5.15. The summed E-state index contributed by atoms with van der Waals surface area (Å²) in [5, 5.41) is 0. The van der Waals surface area contributed by atoms with Gasteiger partial charge in [-0.05, 0) is 46.6 Å². The molecule has 1 rings (SSSR count). The third-order valence-electron chi connectivity index (χ3n) is 2.24. The first-order chi connectivity index (χ1) is 6.56. The molecule has 1 unspecified atom stereocenters. The summed E-state index contributed by atoms with van der Waals surface area (Å²) in [6, 6.07) is 4.17. The van der Waals surface area contributed by atoms with Crippen LogP contribution in [-0.4, -0.2) is 30.5 Å². The van der Waals surface area contributed by atoms with E-state index in [1.54, 1.807) is 0 Å². The van der Waals surface area contributed by atoms with Gasteiger partial charge >= 0.3 is 0 Å². The van der Waals surface area contributed by atoms with Gasteiger partial charge in [-0.25, -0.2) is 0 Å². The molecule has 1 radical (unpaired) electrons. The van der Waals surface area contributed by atoms with Crippen LogP contribution >= 0.6 is 8.58 Å². The van der Waals surface area contributed by atoms with Crippen molar-refractivity contribution in [3.63, 3.8) is 0 Å². The Morgan fingerprint density at radius 1 is 1.20 bits per heavy atom. The Morgan fingerprint density at radius 2 is 1.67 bits per heavy atom. The van der Waals surface area contributed by atoms with Crippen molar-refractivity contribution in [2.45, 2.75) is 27.7 Å². The number of carbonyl (C=O) groups excluding carboxylic acids is 1. The van der Waals surface area contributed by atoms with Gasteiger partial charge in [-0.3, -0.25) is 4.79 Å². The van der Waals surface area contributed by atoms with Gasteiger partial charge in [0.2, 0.25) is 0 Å². The number of aryl methyl sites for hydroxylation is 3. The number of rotatable bonds is 3. The minimum absolute atomic E-state index is 0. The van der Waals surface area contributed by atoms with Crippen LogP contribution in [-0.2, 0) is 0 Å². The largest absolute Gasteiger partial charge is 0.289 e. The zero-order valence-electron chi connectivity index (χ0n) is 10.3. The van der Waals surface area contributed by atoms with Crippen LogP contribution in [0.5, 0.6) is 0 Å². The molecule has 1 nitrogen and oxygen atoms in total. The SMILES string of the molecule is CCPC(=O)c1c(C)cc(C)cc1C.[Li]. The Kier molecular flexibility index (Phi) is 6.45. The molecule has 0 heterocycles. The predicted octanol–water partition coefficient (Wildman–Crippen LogP) is 3.07. The van der Waals surface area contributed by atoms with Gasteiger partial charge in [-0.2, -0.15) is 0 Å². The second-order valence-electron chi connectivity index (χ2n) is 3.63. The van der Waals surface area contributed by atoms with Crippen molar-refractivity contribution < 1.29 is 4.79 Å². The molecule has 0 aliphatic carbocycles. The third-order valence-corrected chi connectivity index (χ3v) is 3.17. The van der Waals surface area contributed by atoms with Crippen molar-refractivity contribution in [1.29, 1.82) is 0 Å². The van der Waals surface area contributed by atoms with E-state index in [2.05, 4.69) is 26.0 Å². The standard InChI is InChI=1S/C12H17OP.Li/c1-5-14-12(13)11-9(3)6-8(2)7-10(11)4;/h6-7,14H,5H2,1-4H3;. The van der Waals surface area contributed by atoms with E-state index in [4.69, 9.17) is 0 Å². The van der Waals surface area contributed by atoms with Crippen LogP contribution < -0.4 is 0 Å². The maximum absolute atomic E-state index is 11.8. The minimum atomic E-state index is 0. The van der Waals surface area contributed by atoms with Crippen LogP contribution in [0, 0.1) is 20.8 Å². The average molecular weight is 215 g/mol. The zero-order valence-corrected chi connectivity index (χ0v) is 11.3. The first-order valence-corrected chi connectivity index (χ1v) is 6.13. The maximum atomic E-state index is 11.8. The van der Waals surface area contributed by atoms with Gasteiger partial charge in [0.05, 0.1) is 0 Å². The van der Waals surface area contributed by atoms with E-state index in [-0.39, 0.29) is 18.9 Å². The summed E-state index contributed by atoms with van der Waals surface area (Å²) in [7, 11) is 0.417. The molecule has 0 aliphatic rings. The van der Waals surface area contributed by atoms with E-state index < -0.39 is 0 Å². The molecule has 0 aromatic heterocycles. The maximum Gasteiger partial charge on any atom is 0.181 e. The molecule has 1 aromatic carbocycles. The minimum Gasteiger partial charge on any atom is -0.289 e. The van der Waals surface area contributed by atoms with Crippen molar-refractivity contribution in [2.24, 2.45) is 0 Å². The fourth-order valence-electron chi connectivity index (χ4n) is 1.79. The summed E-state index contributed by atoms with van der Waals surface area (Å²) in [5.41, 5.74) is 4.72. The Morgan fingerprint density at radius 3 is 2.07 bits per heavy atom. The van der Waals surface area contributed by atoms with Crippen LogP contribution in [0.15, 0.2) is 12.1 Å². The monoisotopic (exact) mass is 215 g/mol. The van der Waals surface area contributed by atoms with E-state index in [9.17, 15) is 4.79 Å². The van der Waals surface area contributed by atoms with Gasteiger partial charge in [0.25, 0.3) is 0 Å². The van der Waals surface area contributed by atoms with E-state index in [1.165, 1.54) is 5.56 Å². The average Bonchev–Trinajstić information content (AvgIpc) is 2.01. The van der Waals surface area contributed by atoms with E-state index in [1.807, 2.05) is 13.8 Å². The molecule has 77 valence electrons. The van der Waals surface area contributed by atoms with Crippen LogP contribution in [0.3, 0.4) is 0 Å². The molecule has 0 fully saturated rings. The molecular formula is C12H17LiOP. The third kappa shape index (κ3) is 3.76. The molecule has 15 heavy (non-hydrogen) atoms. The zero-order chi connectivity index (χ0) is 10.7. The summed E-state index contributed by atoms with van der Waals surface area (Å²) in [6.07, 6.45) is 0.950. The van der Waals surface area contributed by atoms with Gasteiger partial charge in [0.15, 0.2) is 5.52 Å². The number of benzene rings is 1. The van der Waals surface area contributed by atoms with Crippen molar-refractivity contribution in [2.75, 3.05) is 6.16 Å². The van der Waals surface area contributed by atoms with Gasteiger partial charge in [-0.15, -0.1) is 0 Å². The number of carbonyl (C=O) groups is 1. The van der Waals surface area contributed by atoms with Crippen LogP contribution in [0.25, 0.3) is 0 Å². The molecule has 0 amide bonds. The molecular weight excluding hydrogens is 198 g/mol. The molecule has 0 bridgehead atoms. The van der Waals surface area contributed by atoms with Crippen LogP contribution in [0.4, 0.5) is 0 Å². The van der Waals surface area contributed by atoms with Gasteiger partial charge in [-0.1, -0.05) is 24.6 Å². The van der Waals surface area contributed by atoms with Crippen molar-refractivity contribution in [1.82, 2.24) is 0 Å². The van der Waals surface area contributed by atoms with Crippen molar-refractivity contribution in [3.8, 4) is 0 Å². The fraction of sp³-hybridized carbons (Fsp3) is 0.417. The first-order valence-electron chi connectivity index (χ1n) is 4.92. The topological polar surface area (TPSA) is 17.1 Å². The molecule has 0 saturated carbocycles. The number of hydrogen-bond acceptors (Lipinski definition) is 1. The Labute approximate surface area is 106 Å². The summed E-state index contributed by atoms with van der Waals surface area (Å²) in [6.45, 7) is 8.16. The molecule has 3 heteroatoms. The van der Waals surface area contributed by atoms with E-state index >= 15 is 0 Å². The van der Waals surface area contributed by atoms with Crippen LogP contribution in [0.1, 0.15) is 34.0 Å². The Hall–Kier alpha value is -0.0826. The van der Waals surface area contributed by atoms with Crippen LogP contribution in [0.2, 0.25) is 0 Å². The molecule has 1 atom stereocenters. The molecule has 0 saturated heterocycles. The quantitative estimate of drug-likeness (QED) is 0.559. The van der Waals surface area contributed by atoms with Crippen molar-refractivity contribution >= 4 is 33.0 Å². The molecule has 1 aromatic rings. The first kappa shape index (κ1) is 14.9. The second kappa shape index (κ2) is 6.49. The van der Waals surface area contributed by atoms with Gasteiger partial charge < -0.3 is 0 Å². The van der Waals surface area contributed by atoms with E-state index in [0.29, 0.717) is 14.1 Å². The fourth-order valence-corrected chi connectivity index (χ4v) is 2.68. The van der Waals surface area contributed by atoms with Gasteiger partial charge in [0.1, 0.15) is 0 Å². The normalized spacial score (nSPS) is 10.4. The predicted molar refractivity (Wildman–Crippen MR) is 69.6 cm³/mol. The summed E-state index contributed by atoms with van der Waals surface area (Å²) in [5.74, 6) is 0. The van der Waals surface area contributed by atoms with Crippen molar-refractivity contribution in [3.05, 3.63) is 34.4 Å². The Balaban J connectivity index is 0.00000196.